The molecule has 1 rings (SSSR count). The molecule has 0 saturated heterocycles. The first-order valence-electron chi connectivity index (χ1n) is 4.91. The number of halogens is 3. The second-order valence-corrected chi connectivity index (χ2v) is 3.26. The highest BCUT2D eigenvalue weighted by atomic mass is 35.5. The summed E-state index contributed by atoms with van der Waals surface area (Å²) >= 11 is 0. The van der Waals surface area contributed by atoms with Gasteiger partial charge in [0.05, 0.1) is 13.0 Å². The van der Waals surface area contributed by atoms with Gasteiger partial charge in [-0.3, -0.25) is 4.79 Å². The van der Waals surface area contributed by atoms with Gasteiger partial charge in [-0.25, -0.2) is 8.78 Å². The van der Waals surface area contributed by atoms with Crippen molar-refractivity contribution in [3.05, 3.63) is 35.4 Å². The zero-order chi connectivity index (χ0) is 12.1. The van der Waals surface area contributed by atoms with E-state index in [1.54, 1.807) is 6.92 Å². The fraction of sp³-hybridized carbons (Fsp3) is 0.364. The monoisotopic (exact) mass is 265 g/mol. The van der Waals surface area contributed by atoms with Gasteiger partial charge in [-0.05, 0) is 13.0 Å². The van der Waals surface area contributed by atoms with E-state index in [9.17, 15) is 13.6 Å². The number of nitrogens with two attached hydrogens (primary N) is 1. The first kappa shape index (κ1) is 15.8. The summed E-state index contributed by atoms with van der Waals surface area (Å²) in [5.41, 5.74) is 5.57. The summed E-state index contributed by atoms with van der Waals surface area (Å²) in [7, 11) is 0. The molecule has 0 aromatic heterocycles. The van der Waals surface area contributed by atoms with Crippen molar-refractivity contribution >= 4 is 18.4 Å². The van der Waals surface area contributed by atoms with Crippen LogP contribution < -0.4 is 5.73 Å². The van der Waals surface area contributed by atoms with E-state index in [1.165, 1.54) is 12.1 Å². The van der Waals surface area contributed by atoms with Gasteiger partial charge in [-0.1, -0.05) is 12.1 Å². The van der Waals surface area contributed by atoms with Crippen molar-refractivity contribution in [2.45, 2.75) is 19.4 Å². The highest BCUT2D eigenvalue weighted by molar-refractivity contribution is 5.85. The molecule has 0 fully saturated rings. The van der Waals surface area contributed by atoms with E-state index in [-0.39, 0.29) is 31.0 Å². The van der Waals surface area contributed by atoms with Crippen molar-refractivity contribution in [1.29, 1.82) is 0 Å². The maximum absolute atomic E-state index is 13.3. The lowest BCUT2D eigenvalue weighted by Crippen LogP contribution is -2.18. The van der Waals surface area contributed by atoms with Crippen LogP contribution in [-0.2, 0) is 9.53 Å². The van der Waals surface area contributed by atoms with Gasteiger partial charge in [0.1, 0.15) is 0 Å². The highest BCUT2D eigenvalue weighted by Gasteiger charge is 2.18. The van der Waals surface area contributed by atoms with Crippen LogP contribution in [0.4, 0.5) is 8.78 Å². The topological polar surface area (TPSA) is 52.3 Å². The SMILES string of the molecule is CCOC(=O)C[C@H](N)c1cccc(F)c1F.Cl. The molecule has 1 atom stereocenters. The fourth-order valence-corrected chi connectivity index (χ4v) is 1.32. The molecule has 2 N–H and O–H groups in total. The lowest BCUT2D eigenvalue weighted by atomic mass is 10.0. The highest BCUT2D eigenvalue weighted by Crippen LogP contribution is 2.20. The van der Waals surface area contributed by atoms with Crippen molar-refractivity contribution in [1.82, 2.24) is 0 Å². The van der Waals surface area contributed by atoms with Crippen LogP contribution in [0.15, 0.2) is 18.2 Å². The van der Waals surface area contributed by atoms with E-state index >= 15 is 0 Å². The summed E-state index contributed by atoms with van der Waals surface area (Å²) < 4.78 is 30.8. The Labute approximate surface area is 104 Å². The fourth-order valence-electron chi connectivity index (χ4n) is 1.32. The van der Waals surface area contributed by atoms with Gasteiger partial charge in [0.15, 0.2) is 11.6 Å². The molecule has 1 aromatic rings. The van der Waals surface area contributed by atoms with Crippen LogP contribution in [0.3, 0.4) is 0 Å². The summed E-state index contributed by atoms with van der Waals surface area (Å²) in [6.45, 7) is 1.89. The van der Waals surface area contributed by atoms with Gasteiger partial charge in [-0.15, -0.1) is 12.4 Å². The van der Waals surface area contributed by atoms with Crippen molar-refractivity contribution in [2.24, 2.45) is 5.73 Å². The Morgan fingerprint density at radius 3 is 2.71 bits per heavy atom. The number of hydrogen-bond donors (Lipinski definition) is 1. The second kappa shape index (κ2) is 7.19. The van der Waals surface area contributed by atoms with E-state index < -0.39 is 23.6 Å². The summed E-state index contributed by atoms with van der Waals surface area (Å²) in [6, 6.07) is 2.80. The molecule has 3 nitrogen and oxygen atoms in total. The van der Waals surface area contributed by atoms with E-state index in [2.05, 4.69) is 4.74 Å². The summed E-state index contributed by atoms with van der Waals surface area (Å²) in [5, 5.41) is 0. The summed E-state index contributed by atoms with van der Waals surface area (Å²) in [4.78, 5) is 11.1. The molecule has 0 saturated carbocycles. The number of benzene rings is 1. The third kappa shape index (κ3) is 4.28. The zero-order valence-corrected chi connectivity index (χ0v) is 10.1. The van der Waals surface area contributed by atoms with E-state index in [4.69, 9.17) is 5.73 Å². The average Bonchev–Trinajstić information content (AvgIpc) is 2.22. The van der Waals surface area contributed by atoms with Gasteiger partial charge in [0.2, 0.25) is 0 Å². The molecule has 0 aliphatic carbocycles. The molecular formula is C11H14ClF2NO2. The molecule has 96 valence electrons. The zero-order valence-electron chi connectivity index (χ0n) is 9.28. The van der Waals surface area contributed by atoms with Crippen LogP contribution in [0.5, 0.6) is 0 Å². The molecule has 0 bridgehead atoms. The number of hydrogen-bond acceptors (Lipinski definition) is 3. The van der Waals surface area contributed by atoms with Crippen molar-refractivity contribution in [2.75, 3.05) is 6.61 Å². The molecular weight excluding hydrogens is 252 g/mol. The lowest BCUT2D eigenvalue weighted by molar-refractivity contribution is -0.143. The number of esters is 1. The predicted octanol–water partition coefficient (Wildman–Crippen LogP) is 2.34. The minimum Gasteiger partial charge on any atom is -0.466 e. The minimum atomic E-state index is -1.01. The number of rotatable bonds is 4. The van der Waals surface area contributed by atoms with Gasteiger partial charge in [-0.2, -0.15) is 0 Å². The van der Waals surface area contributed by atoms with Gasteiger partial charge in [0.25, 0.3) is 0 Å². The second-order valence-electron chi connectivity index (χ2n) is 3.26. The van der Waals surface area contributed by atoms with Crippen LogP contribution in [0.1, 0.15) is 24.9 Å². The third-order valence-electron chi connectivity index (χ3n) is 2.07. The Morgan fingerprint density at radius 2 is 2.12 bits per heavy atom. The molecule has 0 heterocycles. The Morgan fingerprint density at radius 1 is 1.47 bits per heavy atom. The van der Waals surface area contributed by atoms with E-state index in [1.807, 2.05) is 0 Å². The molecule has 0 aliphatic rings. The lowest BCUT2D eigenvalue weighted by Gasteiger charge is -2.12. The minimum absolute atomic E-state index is 0. The molecule has 0 amide bonds. The largest absolute Gasteiger partial charge is 0.466 e. The Bertz CT molecular complexity index is 388. The molecule has 0 radical (unpaired) electrons. The summed E-state index contributed by atoms with van der Waals surface area (Å²) in [6.07, 6.45) is -0.172. The number of carbonyl (C=O) groups is 1. The van der Waals surface area contributed by atoms with Crippen LogP contribution in [0.25, 0.3) is 0 Å². The smallest absolute Gasteiger partial charge is 0.307 e. The molecule has 1 aromatic carbocycles. The Hall–Kier alpha value is -1.20. The third-order valence-corrected chi connectivity index (χ3v) is 2.07. The van der Waals surface area contributed by atoms with Crippen LogP contribution >= 0.6 is 12.4 Å². The first-order valence-corrected chi connectivity index (χ1v) is 4.91. The van der Waals surface area contributed by atoms with Crippen LogP contribution in [-0.4, -0.2) is 12.6 Å². The predicted molar refractivity (Wildman–Crippen MR) is 61.8 cm³/mol. The van der Waals surface area contributed by atoms with Gasteiger partial charge in [0, 0.05) is 11.6 Å². The molecule has 0 aliphatic heterocycles. The first-order chi connectivity index (χ1) is 7.56. The van der Waals surface area contributed by atoms with Crippen LogP contribution in [0, 0.1) is 11.6 Å². The Kier molecular flexibility index (Phi) is 6.68. The maximum atomic E-state index is 13.3. The maximum Gasteiger partial charge on any atom is 0.307 e. The van der Waals surface area contributed by atoms with Crippen molar-refractivity contribution < 1.29 is 18.3 Å². The average molecular weight is 266 g/mol. The standard InChI is InChI=1S/C11H13F2NO2.ClH/c1-2-16-10(15)6-9(14)7-4-3-5-8(12)11(7)13;/h3-5,9H,2,6,14H2,1H3;1H/t9-;/m0./s1. The molecule has 17 heavy (non-hydrogen) atoms. The van der Waals surface area contributed by atoms with E-state index in [0.29, 0.717) is 0 Å². The van der Waals surface area contributed by atoms with Crippen molar-refractivity contribution in [3.63, 3.8) is 0 Å². The number of carbonyl (C=O) groups excluding carboxylic acids is 1. The van der Waals surface area contributed by atoms with Gasteiger partial charge >= 0.3 is 5.97 Å². The van der Waals surface area contributed by atoms with Crippen LogP contribution in [0.2, 0.25) is 0 Å². The van der Waals surface area contributed by atoms with E-state index in [0.717, 1.165) is 6.07 Å². The number of ether oxygens (including phenoxy) is 1. The molecule has 0 spiro atoms. The molecule has 0 unspecified atom stereocenters. The van der Waals surface area contributed by atoms with Crippen molar-refractivity contribution in [3.8, 4) is 0 Å². The normalized spacial score (nSPS) is 11.5. The Balaban J connectivity index is 0.00000256. The quantitative estimate of drug-likeness (QED) is 0.850. The molecule has 6 heteroatoms. The summed E-state index contributed by atoms with van der Waals surface area (Å²) in [5.74, 6) is -2.52. The van der Waals surface area contributed by atoms with Gasteiger partial charge < -0.3 is 10.5 Å².